The van der Waals surface area contributed by atoms with E-state index in [0.29, 0.717) is 46.0 Å². The Morgan fingerprint density at radius 2 is 1.84 bits per heavy atom. The fourth-order valence-electron chi connectivity index (χ4n) is 4.39. The van der Waals surface area contributed by atoms with Crippen molar-refractivity contribution in [3.63, 3.8) is 0 Å². The van der Waals surface area contributed by atoms with E-state index in [1.807, 2.05) is 6.92 Å². The molecule has 0 spiro atoms. The third-order valence-corrected chi connectivity index (χ3v) is 5.87. The maximum Gasteiger partial charge on any atom is 0.254 e. The van der Waals surface area contributed by atoms with E-state index in [1.165, 1.54) is 24.3 Å². The molecule has 166 valence electrons. The summed E-state index contributed by atoms with van der Waals surface area (Å²) in [5, 5.41) is 6.12. The average molecular weight is 436 g/mol. The molecule has 0 bridgehead atoms. The Kier molecular flexibility index (Phi) is 5.99. The Morgan fingerprint density at radius 3 is 2.53 bits per heavy atom. The third-order valence-electron chi connectivity index (χ3n) is 5.87. The minimum atomic E-state index is -0.621. The van der Waals surface area contributed by atoms with Crippen molar-refractivity contribution >= 4 is 17.4 Å². The third kappa shape index (κ3) is 3.98. The number of carbonyl (C=O) groups is 2. The van der Waals surface area contributed by atoms with Crippen LogP contribution in [0, 0.1) is 5.82 Å². The topological polar surface area (TPSA) is 76.7 Å². The number of ether oxygens (including phenoxy) is 2. The van der Waals surface area contributed by atoms with Crippen molar-refractivity contribution in [1.29, 1.82) is 0 Å². The number of hydrogen-bond donors (Lipinski definition) is 2. The van der Waals surface area contributed by atoms with E-state index < -0.39 is 5.92 Å². The molecule has 1 amide bonds. The van der Waals surface area contributed by atoms with Gasteiger partial charge in [-0.2, -0.15) is 0 Å². The molecule has 2 aliphatic rings. The van der Waals surface area contributed by atoms with Crippen LogP contribution < -0.4 is 20.1 Å². The number of benzene rings is 2. The van der Waals surface area contributed by atoms with Crippen molar-refractivity contribution in [2.45, 2.75) is 32.1 Å². The van der Waals surface area contributed by atoms with Gasteiger partial charge >= 0.3 is 0 Å². The summed E-state index contributed by atoms with van der Waals surface area (Å²) in [6.45, 7) is 1.82. The maximum atomic E-state index is 13.5. The van der Waals surface area contributed by atoms with Crippen molar-refractivity contribution in [1.82, 2.24) is 5.32 Å². The largest absolute Gasteiger partial charge is 0.497 e. The molecule has 1 aliphatic carbocycles. The molecule has 32 heavy (non-hydrogen) atoms. The van der Waals surface area contributed by atoms with Crippen LogP contribution in [0.2, 0.25) is 0 Å². The van der Waals surface area contributed by atoms with Crippen LogP contribution in [0.4, 0.5) is 10.1 Å². The molecular weight excluding hydrogens is 411 g/mol. The first-order valence-electron chi connectivity index (χ1n) is 10.5. The Labute approximate surface area is 186 Å². The molecular formula is C25H25FN2O4. The summed E-state index contributed by atoms with van der Waals surface area (Å²) in [4.78, 5) is 26.5. The van der Waals surface area contributed by atoms with Gasteiger partial charge in [0.25, 0.3) is 5.91 Å². The zero-order valence-corrected chi connectivity index (χ0v) is 18.3. The van der Waals surface area contributed by atoms with Gasteiger partial charge in [-0.25, -0.2) is 4.39 Å². The summed E-state index contributed by atoms with van der Waals surface area (Å²) in [7, 11) is 3.12. The summed E-state index contributed by atoms with van der Waals surface area (Å²) in [5.74, 6) is -0.220. The average Bonchev–Trinajstić information content (AvgIpc) is 2.79. The van der Waals surface area contributed by atoms with Crippen LogP contribution in [0.1, 0.15) is 37.7 Å². The molecule has 1 heterocycles. The molecule has 6 nitrogen and oxygen atoms in total. The molecule has 4 rings (SSSR count). The highest BCUT2D eigenvalue weighted by Crippen LogP contribution is 2.46. The molecule has 7 heteroatoms. The van der Waals surface area contributed by atoms with Gasteiger partial charge in [-0.15, -0.1) is 0 Å². The van der Waals surface area contributed by atoms with Gasteiger partial charge in [0.1, 0.15) is 17.3 Å². The van der Waals surface area contributed by atoms with Crippen molar-refractivity contribution in [3.05, 3.63) is 76.4 Å². The fraction of sp³-hybridized carbons (Fsp3) is 0.280. The minimum absolute atomic E-state index is 0.00760. The number of methoxy groups -OCH3 is 2. The number of dihydropyridines is 1. The Balaban J connectivity index is 1.85. The van der Waals surface area contributed by atoms with Crippen LogP contribution >= 0.6 is 0 Å². The molecule has 0 fully saturated rings. The standard InChI is InChI=1S/C25H25FN2O4/c1-14-22(25(30)28-16-9-7-15(26)8-10-16)23(24-19(27-14)5-4-6-20(24)29)18-13-17(31-2)11-12-21(18)32-3/h7-13,23,27H,4-6H2,1-3H3,(H,28,30)/t23-/m0/s1. The second kappa shape index (κ2) is 8.86. The van der Waals surface area contributed by atoms with Gasteiger partial charge in [0, 0.05) is 40.2 Å². The zero-order chi connectivity index (χ0) is 22.8. The predicted octanol–water partition coefficient (Wildman–Crippen LogP) is 4.45. The quantitative estimate of drug-likeness (QED) is 0.724. The highest BCUT2D eigenvalue weighted by Gasteiger charge is 2.40. The second-order valence-electron chi connectivity index (χ2n) is 7.83. The van der Waals surface area contributed by atoms with E-state index in [1.54, 1.807) is 32.4 Å². The summed E-state index contributed by atoms with van der Waals surface area (Å²) in [6.07, 6.45) is 1.92. The number of Topliss-reactive ketones (excluding diaryl/α,β-unsaturated/α-hetero) is 1. The van der Waals surface area contributed by atoms with Gasteiger partial charge in [-0.3, -0.25) is 9.59 Å². The van der Waals surface area contributed by atoms with Gasteiger partial charge in [0.05, 0.1) is 20.1 Å². The van der Waals surface area contributed by atoms with Gasteiger partial charge in [-0.1, -0.05) is 0 Å². The van der Waals surface area contributed by atoms with Gasteiger partial charge < -0.3 is 20.1 Å². The normalized spacial score (nSPS) is 18.1. The van der Waals surface area contributed by atoms with Crippen LogP contribution in [-0.2, 0) is 9.59 Å². The molecule has 0 radical (unpaired) electrons. The zero-order valence-electron chi connectivity index (χ0n) is 18.3. The number of ketones is 1. The maximum absolute atomic E-state index is 13.5. The molecule has 2 aromatic rings. The lowest BCUT2D eigenvalue weighted by Crippen LogP contribution is -2.35. The molecule has 0 aromatic heterocycles. The number of allylic oxidation sites excluding steroid dienone is 3. The highest BCUT2D eigenvalue weighted by atomic mass is 19.1. The van der Waals surface area contributed by atoms with E-state index in [-0.39, 0.29) is 17.5 Å². The Bertz CT molecular complexity index is 1140. The van der Waals surface area contributed by atoms with Gasteiger partial charge in [0.15, 0.2) is 5.78 Å². The number of carbonyl (C=O) groups excluding carboxylic acids is 2. The molecule has 0 saturated carbocycles. The molecule has 2 aromatic carbocycles. The van der Waals surface area contributed by atoms with Gasteiger partial charge in [0.2, 0.25) is 0 Å². The first-order chi connectivity index (χ1) is 15.4. The number of halogens is 1. The predicted molar refractivity (Wildman–Crippen MR) is 119 cm³/mol. The SMILES string of the molecule is COc1ccc(OC)c([C@H]2C(C(=O)Nc3ccc(F)cc3)=C(C)NC3=C2C(=O)CCC3)c1. The Morgan fingerprint density at radius 1 is 1.09 bits per heavy atom. The lowest BCUT2D eigenvalue weighted by atomic mass is 9.74. The molecule has 1 aliphatic heterocycles. The van der Waals surface area contributed by atoms with E-state index >= 15 is 0 Å². The smallest absolute Gasteiger partial charge is 0.254 e. The van der Waals surface area contributed by atoms with E-state index in [2.05, 4.69) is 10.6 Å². The van der Waals surface area contributed by atoms with E-state index in [4.69, 9.17) is 9.47 Å². The van der Waals surface area contributed by atoms with Crippen LogP contribution in [0.5, 0.6) is 11.5 Å². The van der Waals surface area contributed by atoms with Crippen LogP contribution in [0.25, 0.3) is 0 Å². The van der Waals surface area contributed by atoms with Crippen LogP contribution in [0.3, 0.4) is 0 Å². The molecule has 1 atom stereocenters. The first kappa shape index (κ1) is 21.6. The Hall–Kier alpha value is -3.61. The van der Waals surface area contributed by atoms with Crippen LogP contribution in [-0.4, -0.2) is 25.9 Å². The number of nitrogens with one attached hydrogen (secondary N) is 2. The minimum Gasteiger partial charge on any atom is -0.497 e. The lowest BCUT2D eigenvalue weighted by molar-refractivity contribution is -0.116. The number of rotatable bonds is 5. The number of anilines is 1. The number of hydrogen-bond acceptors (Lipinski definition) is 5. The summed E-state index contributed by atoms with van der Waals surface area (Å²) >= 11 is 0. The second-order valence-corrected chi connectivity index (χ2v) is 7.83. The lowest BCUT2D eigenvalue weighted by Gasteiger charge is -2.35. The summed E-state index contributed by atoms with van der Waals surface area (Å²) < 4.78 is 24.3. The van der Waals surface area contributed by atoms with Crippen molar-refractivity contribution in [2.24, 2.45) is 0 Å². The van der Waals surface area contributed by atoms with Crippen molar-refractivity contribution in [2.75, 3.05) is 19.5 Å². The molecule has 0 unspecified atom stereocenters. The monoisotopic (exact) mass is 436 g/mol. The fourth-order valence-corrected chi connectivity index (χ4v) is 4.39. The van der Waals surface area contributed by atoms with E-state index in [9.17, 15) is 14.0 Å². The first-order valence-corrected chi connectivity index (χ1v) is 10.5. The van der Waals surface area contributed by atoms with Crippen LogP contribution in [0.15, 0.2) is 65.0 Å². The van der Waals surface area contributed by atoms with E-state index in [0.717, 1.165) is 18.5 Å². The summed E-state index contributed by atoms with van der Waals surface area (Å²) in [5.41, 5.74) is 3.63. The molecule has 2 N–H and O–H groups in total. The van der Waals surface area contributed by atoms with Gasteiger partial charge in [-0.05, 0) is 62.2 Å². The highest BCUT2D eigenvalue weighted by molar-refractivity contribution is 6.10. The van der Waals surface area contributed by atoms with Crippen molar-refractivity contribution < 1.29 is 23.5 Å². The van der Waals surface area contributed by atoms with Crippen molar-refractivity contribution in [3.8, 4) is 11.5 Å². The summed E-state index contributed by atoms with van der Waals surface area (Å²) in [6, 6.07) is 10.9. The molecule has 0 saturated heterocycles. The number of amides is 1.